The summed E-state index contributed by atoms with van der Waals surface area (Å²) in [5.41, 5.74) is 0.549. The molecule has 0 fully saturated rings. The summed E-state index contributed by atoms with van der Waals surface area (Å²) < 4.78 is 29.5. The van der Waals surface area contributed by atoms with Crippen LogP contribution in [0.3, 0.4) is 0 Å². The van der Waals surface area contributed by atoms with Crippen molar-refractivity contribution in [2.24, 2.45) is 0 Å². The lowest BCUT2D eigenvalue weighted by Gasteiger charge is -2.02. The predicted octanol–water partition coefficient (Wildman–Crippen LogP) is 4.09. The van der Waals surface area contributed by atoms with Gasteiger partial charge in [0.1, 0.15) is 23.1 Å². The summed E-state index contributed by atoms with van der Waals surface area (Å²) in [6.45, 7) is 1.55. The van der Waals surface area contributed by atoms with Gasteiger partial charge < -0.3 is 13.9 Å². The second-order valence-electron chi connectivity index (χ2n) is 5.00. The largest absolute Gasteiger partial charge is 0.463 e. The molecule has 0 aliphatic rings. The Kier molecular flexibility index (Phi) is 4.35. The van der Waals surface area contributed by atoms with Crippen LogP contribution in [0.25, 0.3) is 10.1 Å². The van der Waals surface area contributed by atoms with Crippen molar-refractivity contribution in [3.63, 3.8) is 0 Å². The third-order valence-corrected chi connectivity index (χ3v) is 4.72. The van der Waals surface area contributed by atoms with Crippen molar-refractivity contribution in [2.45, 2.75) is 13.5 Å². The van der Waals surface area contributed by atoms with Gasteiger partial charge >= 0.3 is 11.9 Å². The molecule has 2 aromatic heterocycles. The van der Waals surface area contributed by atoms with E-state index < -0.39 is 11.9 Å². The van der Waals surface area contributed by atoms with Crippen molar-refractivity contribution in [1.82, 2.24) is 0 Å². The van der Waals surface area contributed by atoms with Gasteiger partial charge in [-0.05, 0) is 36.8 Å². The van der Waals surface area contributed by atoms with E-state index in [2.05, 4.69) is 4.74 Å². The first-order chi connectivity index (χ1) is 11.5. The van der Waals surface area contributed by atoms with Gasteiger partial charge in [-0.1, -0.05) is 6.07 Å². The summed E-state index contributed by atoms with van der Waals surface area (Å²) in [6, 6.07) is 7.67. The number of ether oxygens (including phenoxy) is 2. The highest BCUT2D eigenvalue weighted by molar-refractivity contribution is 7.21. The number of furan rings is 1. The summed E-state index contributed by atoms with van der Waals surface area (Å²) in [5.74, 6) is -1.20. The Labute approximate surface area is 140 Å². The molecule has 124 valence electrons. The van der Waals surface area contributed by atoms with Crippen LogP contribution in [0.15, 0.2) is 34.7 Å². The van der Waals surface area contributed by atoms with Gasteiger partial charge in [-0.3, -0.25) is 0 Å². The number of thiophene rings is 1. The van der Waals surface area contributed by atoms with Crippen LogP contribution < -0.4 is 0 Å². The highest BCUT2D eigenvalue weighted by Crippen LogP contribution is 2.33. The fourth-order valence-electron chi connectivity index (χ4n) is 2.32. The topological polar surface area (TPSA) is 65.7 Å². The first-order valence-corrected chi connectivity index (χ1v) is 7.84. The van der Waals surface area contributed by atoms with E-state index >= 15 is 0 Å². The molecule has 3 aromatic rings. The van der Waals surface area contributed by atoms with E-state index in [0.29, 0.717) is 26.3 Å². The maximum Gasteiger partial charge on any atom is 0.373 e. The maximum atomic E-state index is 13.9. The molecule has 1 aromatic carbocycles. The number of methoxy groups -OCH3 is 1. The number of hydrogen-bond acceptors (Lipinski definition) is 6. The van der Waals surface area contributed by atoms with Gasteiger partial charge in [0.05, 0.1) is 7.11 Å². The van der Waals surface area contributed by atoms with Gasteiger partial charge in [0.25, 0.3) is 0 Å². The number of carbonyl (C=O) groups is 2. The van der Waals surface area contributed by atoms with E-state index in [1.807, 2.05) is 0 Å². The molecule has 0 aliphatic carbocycles. The zero-order chi connectivity index (χ0) is 17.3. The van der Waals surface area contributed by atoms with Crippen molar-refractivity contribution >= 4 is 33.4 Å². The van der Waals surface area contributed by atoms with Gasteiger partial charge in [0.15, 0.2) is 0 Å². The van der Waals surface area contributed by atoms with E-state index in [1.165, 1.54) is 36.6 Å². The van der Waals surface area contributed by atoms with Crippen LogP contribution in [0.4, 0.5) is 4.39 Å². The van der Waals surface area contributed by atoms with Crippen molar-refractivity contribution in [2.75, 3.05) is 7.11 Å². The van der Waals surface area contributed by atoms with E-state index in [9.17, 15) is 14.0 Å². The molecular formula is C17H13FO5S. The second kappa shape index (κ2) is 6.45. The van der Waals surface area contributed by atoms with E-state index in [1.54, 1.807) is 19.1 Å². The van der Waals surface area contributed by atoms with Crippen molar-refractivity contribution in [3.8, 4) is 0 Å². The second-order valence-corrected chi connectivity index (χ2v) is 6.06. The number of esters is 2. The number of fused-ring (bicyclic) bond motifs is 1. The van der Waals surface area contributed by atoms with Gasteiger partial charge in [-0.25, -0.2) is 14.0 Å². The van der Waals surface area contributed by atoms with Gasteiger partial charge in [0, 0.05) is 10.1 Å². The van der Waals surface area contributed by atoms with Crippen LogP contribution >= 0.6 is 11.3 Å². The zero-order valence-corrected chi connectivity index (χ0v) is 13.7. The van der Waals surface area contributed by atoms with Crippen molar-refractivity contribution in [3.05, 3.63) is 58.1 Å². The summed E-state index contributed by atoms with van der Waals surface area (Å²) in [6.07, 6.45) is 0. The zero-order valence-electron chi connectivity index (χ0n) is 12.9. The quantitative estimate of drug-likeness (QED) is 0.665. The normalized spacial score (nSPS) is 10.8. The molecule has 0 atom stereocenters. The van der Waals surface area contributed by atoms with E-state index in [0.717, 1.165) is 0 Å². The molecule has 0 radical (unpaired) electrons. The van der Waals surface area contributed by atoms with E-state index in [4.69, 9.17) is 9.15 Å². The van der Waals surface area contributed by atoms with Crippen LogP contribution in [0.2, 0.25) is 0 Å². The highest BCUT2D eigenvalue weighted by atomic mass is 32.1. The lowest BCUT2D eigenvalue weighted by molar-refractivity contribution is 0.0443. The Balaban J connectivity index is 1.76. The molecule has 0 N–H and O–H groups in total. The SMILES string of the molecule is COC(=O)c1ccc(COC(=O)c2sc3cccc(F)c3c2C)o1. The number of rotatable bonds is 4. The summed E-state index contributed by atoms with van der Waals surface area (Å²) in [7, 11) is 1.24. The molecule has 0 amide bonds. The Morgan fingerprint density at radius 3 is 2.71 bits per heavy atom. The van der Waals surface area contributed by atoms with Crippen LogP contribution in [0, 0.1) is 12.7 Å². The minimum Gasteiger partial charge on any atom is -0.463 e. The van der Waals surface area contributed by atoms with Crippen LogP contribution in [-0.4, -0.2) is 19.0 Å². The molecule has 5 nitrogen and oxygen atoms in total. The first-order valence-electron chi connectivity index (χ1n) is 7.03. The van der Waals surface area contributed by atoms with Crippen molar-refractivity contribution in [1.29, 1.82) is 0 Å². The Bertz CT molecular complexity index is 924. The molecule has 0 saturated heterocycles. The first kappa shape index (κ1) is 16.2. The van der Waals surface area contributed by atoms with E-state index in [-0.39, 0.29) is 18.2 Å². The molecule has 0 spiro atoms. The van der Waals surface area contributed by atoms with Crippen molar-refractivity contribution < 1.29 is 27.9 Å². The minimum absolute atomic E-state index is 0.0312. The maximum absolute atomic E-state index is 13.9. The monoisotopic (exact) mass is 348 g/mol. The number of carbonyl (C=O) groups excluding carboxylic acids is 2. The average molecular weight is 348 g/mol. The highest BCUT2D eigenvalue weighted by Gasteiger charge is 2.20. The minimum atomic E-state index is -0.608. The fourth-order valence-corrected chi connectivity index (χ4v) is 3.43. The lowest BCUT2D eigenvalue weighted by Crippen LogP contribution is -2.04. The number of benzene rings is 1. The molecular weight excluding hydrogens is 335 g/mol. The van der Waals surface area contributed by atoms with Crippen LogP contribution in [-0.2, 0) is 16.1 Å². The number of aryl methyl sites for hydroxylation is 1. The summed E-state index contributed by atoms with van der Waals surface area (Å²) in [5, 5.41) is 0.431. The third kappa shape index (κ3) is 2.90. The number of hydrogen-bond donors (Lipinski definition) is 0. The molecule has 0 bridgehead atoms. The summed E-state index contributed by atoms with van der Waals surface area (Å²) in [4.78, 5) is 23.9. The molecule has 7 heteroatoms. The van der Waals surface area contributed by atoms with Crippen LogP contribution in [0.5, 0.6) is 0 Å². The summed E-state index contributed by atoms with van der Waals surface area (Å²) >= 11 is 1.18. The third-order valence-electron chi connectivity index (χ3n) is 3.48. The van der Waals surface area contributed by atoms with Crippen LogP contribution in [0.1, 0.15) is 31.6 Å². The molecule has 0 saturated carbocycles. The Morgan fingerprint density at radius 1 is 1.21 bits per heavy atom. The van der Waals surface area contributed by atoms with Gasteiger partial charge in [-0.15, -0.1) is 11.3 Å². The Hall–Kier alpha value is -2.67. The Morgan fingerprint density at radius 2 is 2.00 bits per heavy atom. The molecule has 24 heavy (non-hydrogen) atoms. The molecule has 3 rings (SSSR count). The fraction of sp³-hybridized carbons (Fsp3) is 0.176. The molecule has 0 unspecified atom stereocenters. The van der Waals surface area contributed by atoms with Gasteiger partial charge in [0.2, 0.25) is 5.76 Å². The lowest BCUT2D eigenvalue weighted by atomic mass is 10.1. The average Bonchev–Trinajstić information content (AvgIpc) is 3.17. The standard InChI is InChI=1S/C17H13FO5S/c1-9-14-11(18)4-3-5-13(14)24-15(9)17(20)22-8-10-6-7-12(23-10)16(19)21-2/h3-7H,8H2,1-2H3. The molecule has 2 heterocycles. The predicted molar refractivity (Wildman–Crippen MR) is 85.7 cm³/mol. The molecule has 0 aliphatic heterocycles. The smallest absolute Gasteiger partial charge is 0.373 e. The van der Waals surface area contributed by atoms with Gasteiger partial charge in [-0.2, -0.15) is 0 Å². The number of halogens is 1.